The standard InChI is InChI=1S/C15H11ClFN3/c16-11-7-14-13(8-12(11)17)19-15(20(14)10-1-2-10)9-3-5-18-6-4-9/h3-8,10H,1-2H2. The highest BCUT2D eigenvalue weighted by molar-refractivity contribution is 6.31. The summed E-state index contributed by atoms with van der Waals surface area (Å²) in [5.41, 5.74) is 2.52. The maximum absolute atomic E-state index is 13.6. The van der Waals surface area contributed by atoms with Crippen molar-refractivity contribution in [3.63, 3.8) is 0 Å². The minimum absolute atomic E-state index is 0.139. The number of imidazole rings is 1. The van der Waals surface area contributed by atoms with Gasteiger partial charge in [-0.15, -0.1) is 0 Å². The van der Waals surface area contributed by atoms with E-state index in [9.17, 15) is 4.39 Å². The van der Waals surface area contributed by atoms with Gasteiger partial charge in [0.05, 0.1) is 16.1 Å². The molecular weight excluding hydrogens is 277 g/mol. The van der Waals surface area contributed by atoms with Crippen LogP contribution < -0.4 is 0 Å². The molecule has 4 rings (SSSR count). The van der Waals surface area contributed by atoms with Crippen LogP contribution in [0.5, 0.6) is 0 Å². The van der Waals surface area contributed by atoms with Gasteiger partial charge in [0.1, 0.15) is 11.6 Å². The van der Waals surface area contributed by atoms with Gasteiger partial charge in [-0.1, -0.05) is 11.6 Å². The summed E-state index contributed by atoms with van der Waals surface area (Å²) in [5.74, 6) is 0.424. The first-order valence-corrected chi connectivity index (χ1v) is 6.89. The fourth-order valence-corrected chi connectivity index (χ4v) is 2.66. The van der Waals surface area contributed by atoms with Crippen molar-refractivity contribution < 1.29 is 4.39 Å². The Morgan fingerprint density at radius 2 is 1.95 bits per heavy atom. The molecule has 0 bridgehead atoms. The lowest BCUT2D eigenvalue weighted by molar-refractivity contribution is 0.629. The molecule has 1 aromatic carbocycles. The van der Waals surface area contributed by atoms with Gasteiger partial charge in [-0.25, -0.2) is 9.37 Å². The van der Waals surface area contributed by atoms with Gasteiger partial charge in [-0.05, 0) is 31.0 Å². The molecule has 3 nitrogen and oxygen atoms in total. The fraction of sp³-hybridized carbons (Fsp3) is 0.200. The first-order chi connectivity index (χ1) is 9.74. The van der Waals surface area contributed by atoms with Crippen LogP contribution in [0.1, 0.15) is 18.9 Å². The Bertz CT molecular complexity index is 794. The molecule has 1 saturated carbocycles. The molecular formula is C15H11ClFN3. The summed E-state index contributed by atoms with van der Waals surface area (Å²) in [7, 11) is 0. The first kappa shape index (κ1) is 11.9. The van der Waals surface area contributed by atoms with E-state index in [1.165, 1.54) is 6.07 Å². The second-order valence-electron chi connectivity index (χ2n) is 5.03. The third kappa shape index (κ3) is 1.79. The number of hydrogen-bond acceptors (Lipinski definition) is 2. The molecule has 0 N–H and O–H groups in total. The van der Waals surface area contributed by atoms with Gasteiger partial charge in [0, 0.05) is 30.1 Å². The van der Waals surface area contributed by atoms with E-state index in [0.717, 1.165) is 29.7 Å². The largest absolute Gasteiger partial charge is 0.321 e. The van der Waals surface area contributed by atoms with Crippen LogP contribution in [-0.4, -0.2) is 14.5 Å². The predicted molar refractivity (Wildman–Crippen MR) is 76.2 cm³/mol. The van der Waals surface area contributed by atoms with Crippen LogP contribution in [0.4, 0.5) is 4.39 Å². The van der Waals surface area contributed by atoms with Gasteiger partial charge in [0.25, 0.3) is 0 Å². The molecule has 0 spiro atoms. The molecule has 0 radical (unpaired) electrons. The van der Waals surface area contributed by atoms with E-state index in [0.29, 0.717) is 11.6 Å². The average molecular weight is 288 g/mol. The highest BCUT2D eigenvalue weighted by Gasteiger charge is 2.29. The van der Waals surface area contributed by atoms with Crippen molar-refractivity contribution in [2.75, 3.05) is 0 Å². The van der Waals surface area contributed by atoms with Crippen molar-refractivity contribution in [1.82, 2.24) is 14.5 Å². The van der Waals surface area contributed by atoms with Gasteiger partial charge in [0.15, 0.2) is 0 Å². The number of halogens is 2. The quantitative estimate of drug-likeness (QED) is 0.706. The summed E-state index contributed by atoms with van der Waals surface area (Å²) < 4.78 is 15.8. The average Bonchev–Trinajstić information content (AvgIpc) is 3.23. The number of rotatable bonds is 2. The molecule has 1 fully saturated rings. The predicted octanol–water partition coefficient (Wildman–Crippen LogP) is 4.23. The highest BCUT2D eigenvalue weighted by atomic mass is 35.5. The van der Waals surface area contributed by atoms with Crippen LogP contribution in [0.25, 0.3) is 22.4 Å². The maximum atomic E-state index is 13.6. The second-order valence-corrected chi connectivity index (χ2v) is 5.43. The lowest BCUT2D eigenvalue weighted by Crippen LogP contribution is -1.97. The summed E-state index contributed by atoms with van der Waals surface area (Å²) in [5, 5.41) is 0.139. The number of benzene rings is 1. The summed E-state index contributed by atoms with van der Waals surface area (Å²) in [6.07, 6.45) is 5.72. The Kier molecular flexibility index (Phi) is 2.54. The Hall–Kier alpha value is -1.94. The lowest BCUT2D eigenvalue weighted by atomic mass is 10.2. The van der Waals surface area contributed by atoms with Crippen LogP contribution in [-0.2, 0) is 0 Å². The van der Waals surface area contributed by atoms with Crippen LogP contribution in [0, 0.1) is 5.82 Å². The molecule has 0 aliphatic heterocycles. The van der Waals surface area contributed by atoms with Crippen molar-refractivity contribution in [2.45, 2.75) is 18.9 Å². The molecule has 3 aromatic rings. The van der Waals surface area contributed by atoms with E-state index >= 15 is 0 Å². The number of aromatic nitrogens is 3. The maximum Gasteiger partial charge on any atom is 0.144 e. The second kappa shape index (κ2) is 4.28. The van der Waals surface area contributed by atoms with E-state index in [-0.39, 0.29) is 5.02 Å². The normalized spacial score (nSPS) is 14.9. The summed E-state index contributed by atoms with van der Waals surface area (Å²) >= 11 is 5.91. The molecule has 5 heteroatoms. The fourth-order valence-electron chi connectivity index (χ4n) is 2.50. The smallest absolute Gasteiger partial charge is 0.144 e. The molecule has 0 unspecified atom stereocenters. The molecule has 1 aliphatic carbocycles. The monoisotopic (exact) mass is 287 g/mol. The molecule has 0 amide bonds. The number of nitrogens with zero attached hydrogens (tertiary/aromatic N) is 3. The number of pyridine rings is 1. The molecule has 1 aliphatic rings. The van der Waals surface area contributed by atoms with Crippen molar-refractivity contribution in [1.29, 1.82) is 0 Å². The molecule has 0 atom stereocenters. The van der Waals surface area contributed by atoms with Crippen LogP contribution in [0.15, 0.2) is 36.7 Å². The lowest BCUT2D eigenvalue weighted by Gasteiger charge is -2.07. The molecule has 2 heterocycles. The van der Waals surface area contributed by atoms with Gasteiger partial charge < -0.3 is 4.57 Å². The minimum atomic E-state index is -0.430. The number of hydrogen-bond donors (Lipinski definition) is 0. The van der Waals surface area contributed by atoms with E-state index in [1.54, 1.807) is 18.5 Å². The van der Waals surface area contributed by atoms with Crippen molar-refractivity contribution in [2.24, 2.45) is 0 Å². The highest BCUT2D eigenvalue weighted by Crippen LogP contribution is 2.41. The Morgan fingerprint density at radius 3 is 2.65 bits per heavy atom. The molecule has 0 saturated heterocycles. The summed E-state index contributed by atoms with van der Waals surface area (Å²) in [6, 6.07) is 7.34. The van der Waals surface area contributed by atoms with Crippen LogP contribution in [0.3, 0.4) is 0 Å². The Labute approximate surface area is 120 Å². The Balaban J connectivity index is 2.03. The number of fused-ring (bicyclic) bond motifs is 1. The van der Waals surface area contributed by atoms with E-state index < -0.39 is 5.82 Å². The zero-order valence-electron chi connectivity index (χ0n) is 10.6. The first-order valence-electron chi connectivity index (χ1n) is 6.51. The van der Waals surface area contributed by atoms with Gasteiger partial charge >= 0.3 is 0 Å². The van der Waals surface area contributed by atoms with Crippen molar-refractivity contribution in [3.05, 3.63) is 47.5 Å². The van der Waals surface area contributed by atoms with E-state index in [1.807, 2.05) is 12.1 Å². The topological polar surface area (TPSA) is 30.7 Å². The zero-order valence-corrected chi connectivity index (χ0v) is 11.3. The van der Waals surface area contributed by atoms with Gasteiger partial charge in [-0.3, -0.25) is 4.98 Å². The van der Waals surface area contributed by atoms with Crippen molar-refractivity contribution in [3.8, 4) is 11.4 Å². The van der Waals surface area contributed by atoms with Crippen LogP contribution >= 0.6 is 11.6 Å². The SMILES string of the molecule is Fc1cc2nc(-c3ccncc3)n(C3CC3)c2cc1Cl. The molecule has 2 aromatic heterocycles. The molecule has 100 valence electrons. The van der Waals surface area contributed by atoms with Gasteiger partial charge in [0.2, 0.25) is 0 Å². The van der Waals surface area contributed by atoms with E-state index in [4.69, 9.17) is 11.6 Å². The third-order valence-corrected chi connectivity index (χ3v) is 3.87. The van der Waals surface area contributed by atoms with E-state index in [2.05, 4.69) is 14.5 Å². The van der Waals surface area contributed by atoms with Gasteiger partial charge in [-0.2, -0.15) is 0 Å². The summed E-state index contributed by atoms with van der Waals surface area (Å²) in [4.78, 5) is 8.61. The van der Waals surface area contributed by atoms with Crippen LogP contribution in [0.2, 0.25) is 5.02 Å². The third-order valence-electron chi connectivity index (χ3n) is 3.58. The molecule has 20 heavy (non-hydrogen) atoms. The minimum Gasteiger partial charge on any atom is -0.321 e. The zero-order chi connectivity index (χ0) is 13.7. The van der Waals surface area contributed by atoms with Crippen molar-refractivity contribution >= 4 is 22.6 Å². The summed E-state index contributed by atoms with van der Waals surface area (Å²) in [6.45, 7) is 0. The Morgan fingerprint density at radius 1 is 1.20 bits per heavy atom.